The van der Waals surface area contributed by atoms with Gasteiger partial charge in [-0.2, -0.15) is 5.26 Å². The van der Waals surface area contributed by atoms with Gasteiger partial charge in [0.05, 0.1) is 6.61 Å². The molecule has 1 aliphatic rings. The molecule has 0 N–H and O–H groups in total. The molecule has 0 aromatic heterocycles. The van der Waals surface area contributed by atoms with Crippen LogP contribution in [-0.4, -0.2) is 24.4 Å². The Hall–Kier alpha value is -2.92. The highest BCUT2D eigenvalue weighted by Gasteiger charge is 2.62. The number of hydrogen-bond acceptors (Lipinski definition) is 4. The Kier molecular flexibility index (Phi) is 5.72. The van der Waals surface area contributed by atoms with Crippen molar-refractivity contribution < 1.29 is 14.3 Å². The van der Waals surface area contributed by atoms with Crippen molar-refractivity contribution in [2.45, 2.75) is 38.1 Å². The summed E-state index contributed by atoms with van der Waals surface area (Å²) >= 11 is 0. The van der Waals surface area contributed by atoms with Crippen LogP contribution in [0.25, 0.3) is 10.9 Å². The Bertz CT molecular complexity index is 750. The average Bonchev–Trinajstić information content (AvgIpc) is 3.43. The normalized spacial score (nSPS) is 17.1. The van der Waals surface area contributed by atoms with Crippen molar-refractivity contribution in [2.75, 3.05) is 6.61 Å². The maximum Gasteiger partial charge on any atom is 0.327 e. The van der Waals surface area contributed by atoms with Crippen molar-refractivity contribution >= 4 is 17.8 Å². The third-order valence-electron chi connectivity index (χ3n) is 4.42. The van der Waals surface area contributed by atoms with Gasteiger partial charge in [0.1, 0.15) is 0 Å². The molecule has 5 heteroatoms. The predicted molar refractivity (Wildman–Crippen MR) is 93.2 cm³/mol. The third-order valence-corrected chi connectivity index (χ3v) is 4.42. The van der Waals surface area contributed by atoms with Crippen LogP contribution < -0.4 is 0 Å². The summed E-state index contributed by atoms with van der Waals surface area (Å²) in [7, 11) is 0. The maximum atomic E-state index is 12.8. The van der Waals surface area contributed by atoms with Crippen molar-refractivity contribution in [3.05, 3.63) is 52.9 Å². The fourth-order valence-corrected chi connectivity index (χ4v) is 3.12. The minimum Gasteiger partial charge on any atom is -0.465 e. The molecule has 0 heterocycles. The summed E-state index contributed by atoms with van der Waals surface area (Å²) in [6, 6.07) is 7.94. The summed E-state index contributed by atoms with van der Waals surface area (Å²) < 4.78 is 5.26. The second-order valence-electron chi connectivity index (χ2n) is 6.09. The number of carbonyl (C=O) groups excluding carboxylic acids is 2. The summed E-state index contributed by atoms with van der Waals surface area (Å²) in [5, 5.41) is 9.50. The molecule has 2 rings (SSSR count). The molecule has 0 aliphatic heterocycles. The minimum atomic E-state index is -1.25. The second kappa shape index (κ2) is 7.77. The number of esters is 1. The van der Waals surface area contributed by atoms with Gasteiger partial charge in [0.25, 0.3) is 0 Å². The van der Waals surface area contributed by atoms with E-state index in [0.717, 1.165) is 18.4 Å². The Labute approximate surface area is 147 Å². The molecular formula is C20H20N2O3. The first kappa shape index (κ1) is 18.4. The highest BCUT2D eigenvalue weighted by Crippen LogP contribution is 2.51. The van der Waals surface area contributed by atoms with Gasteiger partial charge >= 0.3 is 12.0 Å². The van der Waals surface area contributed by atoms with E-state index in [2.05, 4.69) is 4.85 Å². The summed E-state index contributed by atoms with van der Waals surface area (Å²) in [6.07, 6.45) is 4.73. The van der Waals surface area contributed by atoms with Gasteiger partial charge in [0, 0.05) is 0 Å². The molecule has 1 saturated carbocycles. The molecule has 1 aromatic carbocycles. The number of nitriles is 1. The van der Waals surface area contributed by atoms with Crippen LogP contribution in [0.5, 0.6) is 0 Å². The molecule has 2 unspecified atom stereocenters. The van der Waals surface area contributed by atoms with E-state index < -0.39 is 17.4 Å². The summed E-state index contributed by atoms with van der Waals surface area (Å²) in [6.45, 7) is 10.8. The first-order valence-electron chi connectivity index (χ1n) is 8.23. The van der Waals surface area contributed by atoms with Gasteiger partial charge in [-0.05, 0) is 49.8 Å². The van der Waals surface area contributed by atoms with E-state index in [1.54, 1.807) is 37.3 Å². The number of benzene rings is 1. The zero-order chi connectivity index (χ0) is 18.4. The fraction of sp³-hybridized carbons (Fsp3) is 0.400. The Morgan fingerprint density at radius 1 is 1.44 bits per heavy atom. The zero-order valence-corrected chi connectivity index (χ0v) is 14.4. The smallest absolute Gasteiger partial charge is 0.327 e. The Morgan fingerprint density at radius 2 is 2.08 bits per heavy atom. The van der Waals surface area contributed by atoms with E-state index in [-0.39, 0.29) is 18.3 Å². The summed E-state index contributed by atoms with van der Waals surface area (Å²) in [5.41, 5.74) is 0.176. The van der Waals surface area contributed by atoms with Crippen molar-refractivity contribution in [3.8, 4) is 6.07 Å². The molecule has 1 aliphatic carbocycles. The molecule has 1 aromatic rings. The Balaban J connectivity index is 2.52. The molecule has 0 amide bonds. The number of rotatable bonds is 7. The van der Waals surface area contributed by atoms with Crippen LogP contribution in [0.15, 0.2) is 30.3 Å². The van der Waals surface area contributed by atoms with Crippen LogP contribution in [0.1, 0.15) is 37.8 Å². The van der Waals surface area contributed by atoms with Crippen LogP contribution >= 0.6 is 0 Å². The van der Waals surface area contributed by atoms with Gasteiger partial charge in [-0.25, -0.2) is 6.57 Å². The second-order valence-corrected chi connectivity index (χ2v) is 6.09. The zero-order valence-electron chi connectivity index (χ0n) is 14.4. The quantitative estimate of drug-likeness (QED) is 0.435. The molecule has 2 atom stereocenters. The number of hydrogen-bond donors (Lipinski definition) is 0. The van der Waals surface area contributed by atoms with Crippen molar-refractivity contribution in [1.29, 1.82) is 5.26 Å². The van der Waals surface area contributed by atoms with Gasteiger partial charge in [-0.3, -0.25) is 14.4 Å². The molecular weight excluding hydrogens is 316 g/mol. The number of nitrogens with zero attached hydrogens (tertiary/aromatic N) is 2. The van der Waals surface area contributed by atoms with Gasteiger partial charge < -0.3 is 4.74 Å². The van der Waals surface area contributed by atoms with Gasteiger partial charge in [-0.15, -0.1) is 0 Å². The van der Waals surface area contributed by atoms with Crippen LogP contribution in [-0.2, 0) is 19.7 Å². The van der Waals surface area contributed by atoms with E-state index >= 15 is 0 Å². The highest BCUT2D eigenvalue weighted by atomic mass is 16.5. The van der Waals surface area contributed by atoms with Gasteiger partial charge in [0.2, 0.25) is 0 Å². The lowest BCUT2D eigenvalue weighted by atomic mass is 9.70. The van der Waals surface area contributed by atoms with E-state index in [4.69, 9.17) is 11.3 Å². The van der Waals surface area contributed by atoms with Crippen molar-refractivity contribution in [3.63, 3.8) is 0 Å². The van der Waals surface area contributed by atoms with Crippen LogP contribution in [0.4, 0.5) is 0 Å². The predicted octanol–water partition coefficient (Wildman–Crippen LogP) is 3.31. The third kappa shape index (κ3) is 3.61. The van der Waals surface area contributed by atoms with Crippen LogP contribution in [0, 0.1) is 23.8 Å². The summed E-state index contributed by atoms with van der Waals surface area (Å²) in [4.78, 5) is 27.3. The Morgan fingerprint density at radius 3 is 2.52 bits per heavy atom. The monoisotopic (exact) mass is 336 g/mol. The lowest BCUT2D eigenvalue weighted by Gasteiger charge is -2.29. The number of ketones is 1. The van der Waals surface area contributed by atoms with E-state index in [0.29, 0.717) is 5.56 Å². The molecule has 5 nitrogen and oxygen atoms in total. The summed E-state index contributed by atoms with van der Waals surface area (Å²) in [5.74, 6) is -0.628. The van der Waals surface area contributed by atoms with Gasteiger partial charge in [0.15, 0.2) is 17.3 Å². The van der Waals surface area contributed by atoms with E-state index in [9.17, 15) is 14.9 Å². The van der Waals surface area contributed by atoms with Crippen LogP contribution in [0.3, 0.4) is 0 Å². The number of allylic oxidation sites excluding steroid dienone is 1. The molecule has 0 spiro atoms. The molecule has 128 valence electrons. The van der Waals surface area contributed by atoms with E-state index in [1.807, 2.05) is 6.07 Å². The topological polar surface area (TPSA) is 71.5 Å². The lowest BCUT2D eigenvalue weighted by Crippen LogP contribution is -2.48. The fourth-order valence-electron chi connectivity index (χ4n) is 3.12. The average molecular weight is 336 g/mol. The molecule has 0 saturated heterocycles. The van der Waals surface area contributed by atoms with E-state index in [1.165, 1.54) is 13.0 Å². The minimum absolute atomic E-state index is 0.0551. The molecule has 0 radical (unpaired) electrons. The molecule has 25 heavy (non-hydrogen) atoms. The van der Waals surface area contributed by atoms with Crippen LogP contribution in [0.2, 0.25) is 0 Å². The highest BCUT2D eigenvalue weighted by molar-refractivity contribution is 5.91. The van der Waals surface area contributed by atoms with Crippen molar-refractivity contribution in [2.24, 2.45) is 5.92 Å². The van der Waals surface area contributed by atoms with Gasteiger partial charge in [-0.1, -0.05) is 30.3 Å². The molecule has 0 bridgehead atoms. The number of carbonyl (C=O) groups is 2. The largest absolute Gasteiger partial charge is 0.465 e. The first-order valence-corrected chi connectivity index (χ1v) is 8.23. The molecule has 1 fully saturated rings. The van der Waals surface area contributed by atoms with Crippen molar-refractivity contribution in [1.82, 2.24) is 0 Å². The first-order chi connectivity index (χ1) is 12.0. The maximum absolute atomic E-state index is 12.8. The SMILES string of the molecule is [C-]#[N+]C(C#N)C(C(=O)OCC)(c1ccc(/C=C/C(C)=O)cc1)C1CC1. The standard InChI is InChI=1S/C20H20N2O3/c1-4-25-19(24)20(17-11-12-17,18(13-21)22-3)16-9-7-15(8-10-16)6-5-14(2)23/h5-10,17-18H,4,11-12H2,1-2H3/b6-5+. The lowest BCUT2D eigenvalue weighted by molar-refractivity contribution is -0.151. The number of ether oxygens (including phenoxy) is 1.